The van der Waals surface area contributed by atoms with Gasteiger partial charge in [0.05, 0.1) is 26.4 Å². The van der Waals surface area contributed by atoms with Gasteiger partial charge in [-0.3, -0.25) is 4.79 Å². The number of nitrogens with one attached hydrogen (secondary N) is 1. The highest BCUT2D eigenvalue weighted by Crippen LogP contribution is 2.29. The molecule has 28 heavy (non-hydrogen) atoms. The number of rotatable bonds is 10. The third kappa shape index (κ3) is 5.39. The summed E-state index contributed by atoms with van der Waals surface area (Å²) in [5.41, 5.74) is 1.56. The number of nitrogens with zero attached hydrogens (tertiary/aromatic N) is 1. The van der Waals surface area contributed by atoms with Crippen LogP contribution < -0.4 is 19.5 Å². The number of ether oxygens (including phenoxy) is 3. The summed E-state index contributed by atoms with van der Waals surface area (Å²) < 4.78 is 16.7. The molecule has 0 heterocycles. The van der Waals surface area contributed by atoms with Crippen LogP contribution >= 0.6 is 0 Å². The number of carbonyl (C=O) groups is 1. The van der Waals surface area contributed by atoms with Crippen LogP contribution in [0.1, 0.15) is 35.8 Å². The molecule has 1 N–H and O–H groups in total. The fourth-order valence-corrected chi connectivity index (χ4v) is 3.00. The zero-order chi connectivity index (χ0) is 20.5. The van der Waals surface area contributed by atoms with E-state index in [1.54, 1.807) is 25.3 Å². The first-order chi connectivity index (χ1) is 13.5. The number of likely N-dealkylation sites (N-methyl/N-ethyl adjacent to an activating group) is 1. The van der Waals surface area contributed by atoms with E-state index in [1.807, 2.05) is 52.2 Å². The Kier molecular flexibility index (Phi) is 8.14. The van der Waals surface area contributed by atoms with Gasteiger partial charge in [0.15, 0.2) is 11.5 Å². The quantitative estimate of drug-likeness (QED) is 0.677. The Morgan fingerprint density at radius 1 is 1.00 bits per heavy atom. The van der Waals surface area contributed by atoms with Crippen molar-refractivity contribution in [2.24, 2.45) is 0 Å². The minimum atomic E-state index is -0.161. The van der Waals surface area contributed by atoms with Crippen LogP contribution in [0.25, 0.3) is 0 Å². The number of benzene rings is 2. The van der Waals surface area contributed by atoms with E-state index in [9.17, 15) is 4.79 Å². The zero-order valence-electron chi connectivity index (χ0n) is 17.3. The molecule has 0 aromatic heterocycles. The molecule has 0 saturated heterocycles. The van der Waals surface area contributed by atoms with E-state index in [2.05, 4.69) is 10.2 Å². The molecule has 1 unspecified atom stereocenters. The van der Waals surface area contributed by atoms with Crippen molar-refractivity contribution in [3.8, 4) is 17.2 Å². The van der Waals surface area contributed by atoms with Gasteiger partial charge in [0, 0.05) is 17.7 Å². The molecular weight excluding hydrogens is 356 g/mol. The number of hydrogen-bond acceptors (Lipinski definition) is 5. The smallest absolute Gasteiger partial charge is 0.251 e. The Balaban J connectivity index is 2.15. The summed E-state index contributed by atoms with van der Waals surface area (Å²) in [7, 11) is 5.61. The van der Waals surface area contributed by atoms with E-state index >= 15 is 0 Å². The van der Waals surface area contributed by atoms with Crippen LogP contribution in [0, 0.1) is 0 Å². The van der Waals surface area contributed by atoms with Gasteiger partial charge in [0.1, 0.15) is 5.75 Å². The van der Waals surface area contributed by atoms with Gasteiger partial charge >= 0.3 is 0 Å². The molecule has 0 bridgehead atoms. The van der Waals surface area contributed by atoms with Crippen molar-refractivity contribution >= 4 is 5.91 Å². The minimum Gasteiger partial charge on any atom is -0.496 e. The molecule has 2 rings (SSSR count). The van der Waals surface area contributed by atoms with Gasteiger partial charge in [-0.25, -0.2) is 0 Å². The van der Waals surface area contributed by atoms with E-state index < -0.39 is 0 Å². The largest absolute Gasteiger partial charge is 0.496 e. The molecule has 0 aliphatic carbocycles. The second-order valence-corrected chi connectivity index (χ2v) is 6.46. The SMILES string of the molecule is CCOc1ccc(C(=O)NCC(c2ccccc2OC)N(C)C)cc1OCC. The maximum Gasteiger partial charge on any atom is 0.251 e. The van der Waals surface area contributed by atoms with Gasteiger partial charge in [-0.05, 0) is 52.2 Å². The average Bonchev–Trinajstić information content (AvgIpc) is 2.69. The lowest BCUT2D eigenvalue weighted by atomic mass is 10.0. The van der Waals surface area contributed by atoms with Crippen molar-refractivity contribution in [3.05, 3.63) is 53.6 Å². The Labute approximate surface area is 167 Å². The number of carbonyl (C=O) groups excluding carboxylic acids is 1. The van der Waals surface area contributed by atoms with Crippen LogP contribution in [-0.4, -0.2) is 51.8 Å². The lowest BCUT2D eigenvalue weighted by Gasteiger charge is -2.26. The lowest BCUT2D eigenvalue weighted by Crippen LogP contribution is -2.34. The molecule has 0 saturated carbocycles. The molecule has 0 spiro atoms. The van der Waals surface area contributed by atoms with Crippen molar-refractivity contribution in [1.29, 1.82) is 0 Å². The van der Waals surface area contributed by atoms with Crippen molar-refractivity contribution in [3.63, 3.8) is 0 Å². The van der Waals surface area contributed by atoms with Crippen LogP contribution in [-0.2, 0) is 0 Å². The van der Waals surface area contributed by atoms with E-state index in [0.29, 0.717) is 36.8 Å². The topological polar surface area (TPSA) is 60.0 Å². The second kappa shape index (κ2) is 10.6. The molecule has 1 atom stereocenters. The first-order valence-electron chi connectivity index (χ1n) is 9.48. The fraction of sp³-hybridized carbons (Fsp3) is 0.409. The molecule has 0 aliphatic heterocycles. The van der Waals surface area contributed by atoms with E-state index in [4.69, 9.17) is 14.2 Å². The Morgan fingerprint density at radius 3 is 2.32 bits per heavy atom. The number of para-hydroxylation sites is 1. The van der Waals surface area contributed by atoms with Crippen molar-refractivity contribution in [2.45, 2.75) is 19.9 Å². The Morgan fingerprint density at radius 2 is 1.68 bits per heavy atom. The first kappa shape index (κ1) is 21.6. The van der Waals surface area contributed by atoms with Crippen molar-refractivity contribution in [2.75, 3.05) is 41.0 Å². The molecule has 6 nitrogen and oxygen atoms in total. The first-order valence-corrected chi connectivity index (χ1v) is 9.48. The summed E-state index contributed by atoms with van der Waals surface area (Å²) >= 11 is 0. The summed E-state index contributed by atoms with van der Waals surface area (Å²) in [6.07, 6.45) is 0. The van der Waals surface area contributed by atoms with E-state index in [-0.39, 0.29) is 11.9 Å². The molecule has 1 amide bonds. The summed E-state index contributed by atoms with van der Waals surface area (Å²) in [6.45, 7) is 5.30. The molecule has 0 fully saturated rings. The summed E-state index contributed by atoms with van der Waals surface area (Å²) in [4.78, 5) is 14.8. The minimum absolute atomic E-state index is 0.0193. The standard InChI is InChI=1S/C22H30N2O4/c1-6-27-20-13-12-16(14-21(20)28-7-2)22(25)23-15-18(24(3)4)17-10-8-9-11-19(17)26-5/h8-14,18H,6-7,15H2,1-5H3,(H,23,25). The van der Waals surface area contributed by atoms with Crippen LogP contribution in [0.2, 0.25) is 0 Å². The Bertz CT molecular complexity index is 777. The average molecular weight is 386 g/mol. The maximum absolute atomic E-state index is 12.7. The molecular formula is C22H30N2O4. The van der Waals surface area contributed by atoms with Crippen LogP contribution in [0.3, 0.4) is 0 Å². The lowest BCUT2D eigenvalue weighted by molar-refractivity contribution is 0.0941. The third-order valence-corrected chi connectivity index (χ3v) is 4.38. The molecule has 0 radical (unpaired) electrons. The number of amides is 1. The number of methoxy groups -OCH3 is 1. The second-order valence-electron chi connectivity index (χ2n) is 6.46. The van der Waals surface area contributed by atoms with Gasteiger partial charge in [0.25, 0.3) is 5.91 Å². The summed E-state index contributed by atoms with van der Waals surface area (Å²) in [6, 6.07) is 13.1. The summed E-state index contributed by atoms with van der Waals surface area (Å²) in [5, 5.41) is 3.02. The van der Waals surface area contributed by atoms with Gasteiger partial charge < -0.3 is 24.4 Å². The van der Waals surface area contributed by atoms with Gasteiger partial charge in [0.2, 0.25) is 0 Å². The highest BCUT2D eigenvalue weighted by molar-refractivity contribution is 5.94. The van der Waals surface area contributed by atoms with Crippen LogP contribution in [0.4, 0.5) is 0 Å². The van der Waals surface area contributed by atoms with Crippen LogP contribution in [0.15, 0.2) is 42.5 Å². The van der Waals surface area contributed by atoms with Crippen LogP contribution in [0.5, 0.6) is 17.2 Å². The summed E-state index contributed by atoms with van der Waals surface area (Å²) in [5.74, 6) is 1.85. The molecule has 152 valence electrons. The van der Waals surface area contributed by atoms with Crippen molar-refractivity contribution < 1.29 is 19.0 Å². The monoisotopic (exact) mass is 386 g/mol. The molecule has 2 aromatic carbocycles. The Hall–Kier alpha value is -2.73. The highest BCUT2D eigenvalue weighted by atomic mass is 16.5. The predicted molar refractivity (Wildman–Crippen MR) is 111 cm³/mol. The van der Waals surface area contributed by atoms with Gasteiger partial charge in [-0.15, -0.1) is 0 Å². The fourth-order valence-electron chi connectivity index (χ4n) is 3.00. The normalized spacial score (nSPS) is 11.8. The molecule has 2 aromatic rings. The predicted octanol–water partition coefficient (Wildman–Crippen LogP) is 3.53. The van der Waals surface area contributed by atoms with E-state index in [1.165, 1.54) is 0 Å². The molecule has 6 heteroatoms. The third-order valence-electron chi connectivity index (χ3n) is 4.38. The molecule has 0 aliphatic rings. The highest BCUT2D eigenvalue weighted by Gasteiger charge is 2.20. The van der Waals surface area contributed by atoms with Gasteiger partial charge in [-0.2, -0.15) is 0 Å². The van der Waals surface area contributed by atoms with E-state index in [0.717, 1.165) is 11.3 Å². The zero-order valence-corrected chi connectivity index (χ0v) is 17.3. The maximum atomic E-state index is 12.7. The number of hydrogen-bond donors (Lipinski definition) is 1. The van der Waals surface area contributed by atoms with Crippen molar-refractivity contribution in [1.82, 2.24) is 10.2 Å². The van der Waals surface area contributed by atoms with Gasteiger partial charge in [-0.1, -0.05) is 18.2 Å².